The Morgan fingerprint density at radius 1 is 0.324 bits per heavy atom. The van der Waals surface area contributed by atoms with E-state index in [1.54, 1.807) is 0 Å². The Morgan fingerprint density at radius 3 is 1.66 bits per heavy atom. The molecule has 11 aromatic carbocycles. The summed E-state index contributed by atoms with van der Waals surface area (Å²) in [4.78, 5) is 2.41. The van der Waals surface area contributed by atoms with Crippen molar-refractivity contribution in [3.63, 3.8) is 0 Å². The molecule has 0 unspecified atom stereocenters. The van der Waals surface area contributed by atoms with Crippen molar-refractivity contribution in [2.45, 2.75) is 0 Å². The summed E-state index contributed by atoms with van der Waals surface area (Å²) in [6, 6.07) is 87.0. The largest absolute Gasteiger partial charge is 0.455 e. The number of fused-ring (bicyclic) bond motifs is 10. The number of benzene rings is 11. The highest BCUT2D eigenvalue weighted by molar-refractivity contribution is 6.15. The van der Waals surface area contributed by atoms with Gasteiger partial charge < -0.3 is 18.3 Å². The second kappa shape index (κ2) is 15.2. The second-order valence-electron chi connectivity index (χ2n) is 17.6. The van der Waals surface area contributed by atoms with Gasteiger partial charge in [0.15, 0.2) is 0 Å². The molecule has 3 aromatic heterocycles. The molecule has 0 spiro atoms. The molecule has 0 amide bonds. The van der Waals surface area contributed by atoms with Crippen LogP contribution in [0.25, 0.3) is 116 Å². The van der Waals surface area contributed by atoms with Gasteiger partial charge >= 0.3 is 0 Å². The molecule has 0 fully saturated rings. The molecule has 0 atom stereocenters. The molecule has 4 nitrogen and oxygen atoms in total. The topological polar surface area (TPSA) is 34.5 Å². The zero-order valence-corrected chi connectivity index (χ0v) is 36.8. The van der Waals surface area contributed by atoms with Crippen molar-refractivity contribution in [2.24, 2.45) is 0 Å². The van der Waals surface area contributed by atoms with Crippen LogP contribution in [0.5, 0.6) is 0 Å². The maximum absolute atomic E-state index is 7.04. The molecular formula is C64H40N2O2. The third-order valence-electron chi connectivity index (χ3n) is 13.8. The standard InChI is InChI=1S/C64H40N2O2/c1-2-16-43-39-44(32-31-41(43)15-1)42-33-35-46(36-34-42)65(58-28-10-5-21-50(58)53-24-14-25-54-51-22-6-11-29-60(51)67-63(53)54)59-38-37-55-52-23-7-12-30-61(52)68-64(55)62(59)45-17-13-18-47(40-45)66-56-26-8-3-19-48(56)49-20-4-9-27-57(49)66/h1-40H. The van der Waals surface area contributed by atoms with Crippen molar-refractivity contribution in [1.29, 1.82) is 0 Å². The highest BCUT2D eigenvalue weighted by Crippen LogP contribution is 2.50. The number of hydrogen-bond donors (Lipinski definition) is 0. The van der Waals surface area contributed by atoms with E-state index in [0.717, 1.165) is 105 Å². The van der Waals surface area contributed by atoms with Gasteiger partial charge in [-0.3, -0.25) is 0 Å². The van der Waals surface area contributed by atoms with Gasteiger partial charge in [0.25, 0.3) is 0 Å². The van der Waals surface area contributed by atoms with Gasteiger partial charge in [0, 0.05) is 60.4 Å². The summed E-state index contributed by atoms with van der Waals surface area (Å²) in [5.41, 5.74) is 16.2. The van der Waals surface area contributed by atoms with E-state index in [0.29, 0.717) is 0 Å². The average molecular weight is 869 g/mol. The molecule has 0 aliphatic carbocycles. The second-order valence-corrected chi connectivity index (χ2v) is 17.6. The fraction of sp³-hybridized carbons (Fsp3) is 0. The molecule has 318 valence electrons. The summed E-state index contributed by atoms with van der Waals surface area (Å²) in [6.45, 7) is 0. The first-order chi connectivity index (χ1) is 33.7. The Morgan fingerprint density at radius 2 is 0.897 bits per heavy atom. The van der Waals surface area contributed by atoms with E-state index in [4.69, 9.17) is 8.83 Å². The number of anilines is 3. The Labute approximate surface area is 391 Å². The van der Waals surface area contributed by atoms with Crippen molar-refractivity contribution < 1.29 is 8.83 Å². The number of hydrogen-bond acceptors (Lipinski definition) is 3. The summed E-state index contributed by atoms with van der Waals surface area (Å²) in [5, 5.41) is 9.23. The SMILES string of the molecule is c1cc(-c2c(N(c3ccc(-c4ccc5ccccc5c4)cc3)c3ccccc3-c3cccc4c3oc3ccccc34)ccc3c2oc2ccccc23)cc(-n2c3ccccc3c3ccccc32)c1. The first kappa shape index (κ1) is 38.2. The molecular weight excluding hydrogens is 829 g/mol. The van der Waals surface area contributed by atoms with Crippen LogP contribution in [0.15, 0.2) is 251 Å². The third kappa shape index (κ3) is 5.94. The van der Waals surface area contributed by atoms with Crippen molar-refractivity contribution in [2.75, 3.05) is 4.90 Å². The van der Waals surface area contributed by atoms with E-state index in [2.05, 4.69) is 240 Å². The maximum atomic E-state index is 7.04. The van der Waals surface area contributed by atoms with Crippen molar-refractivity contribution >= 4 is 93.5 Å². The van der Waals surface area contributed by atoms with E-state index in [1.165, 1.54) is 27.1 Å². The van der Waals surface area contributed by atoms with Crippen LogP contribution in [0.1, 0.15) is 0 Å². The highest BCUT2D eigenvalue weighted by atomic mass is 16.3. The minimum absolute atomic E-state index is 0.831. The van der Waals surface area contributed by atoms with Gasteiger partial charge in [0.2, 0.25) is 0 Å². The lowest BCUT2D eigenvalue weighted by Crippen LogP contribution is -2.12. The summed E-state index contributed by atoms with van der Waals surface area (Å²) in [5.74, 6) is 0. The Balaban J connectivity index is 1.04. The molecule has 0 saturated carbocycles. The number of rotatable bonds is 7. The summed E-state index contributed by atoms with van der Waals surface area (Å²) < 4.78 is 16.2. The van der Waals surface area contributed by atoms with Gasteiger partial charge in [-0.15, -0.1) is 0 Å². The fourth-order valence-electron chi connectivity index (χ4n) is 10.7. The van der Waals surface area contributed by atoms with Crippen molar-refractivity contribution in [1.82, 2.24) is 4.57 Å². The van der Waals surface area contributed by atoms with E-state index in [1.807, 2.05) is 12.1 Å². The van der Waals surface area contributed by atoms with E-state index >= 15 is 0 Å². The smallest absolute Gasteiger partial charge is 0.145 e. The Bertz CT molecular complexity index is 4230. The van der Waals surface area contributed by atoms with E-state index in [-0.39, 0.29) is 0 Å². The number of aromatic nitrogens is 1. The zero-order chi connectivity index (χ0) is 44.7. The first-order valence-corrected chi connectivity index (χ1v) is 23.2. The van der Waals surface area contributed by atoms with E-state index in [9.17, 15) is 0 Å². The molecule has 0 bridgehead atoms. The van der Waals surface area contributed by atoms with Gasteiger partial charge in [-0.05, 0) is 100 Å². The molecule has 0 aliphatic rings. The minimum atomic E-state index is 0.831. The molecule has 4 heteroatoms. The lowest BCUT2D eigenvalue weighted by atomic mass is 9.95. The third-order valence-corrected chi connectivity index (χ3v) is 13.8. The van der Waals surface area contributed by atoms with Crippen LogP contribution >= 0.6 is 0 Å². The first-order valence-electron chi connectivity index (χ1n) is 23.2. The van der Waals surface area contributed by atoms with Gasteiger partial charge in [-0.25, -0.2) is 0 Å². The van der Waals surface area contributed by atoms with Crippen LogP contribution in [-0.2, 0) is 0 Å². The van der Waals surface area contributed by atoms with Crippen LogP contribution in [0.4, 0.5) is 17.1 Å². The van der Waals surface area contributed by atoms with Crippen LogP contribution in [0.3, 0.4) is 0 Å². The monoisotopic (exact) mass is 868 g/mol. The molecule has 68 heavy (non-hydrogen) atoms. The van der Waals surface area contributed by atoms with Crippen LogP contribution < -0.4 is 4.90 Å². The lowest BCUT2D eigenvalue weighted by molar-refractivity contribution is 0.669. The number of para-hydroxylation sites is 6. The number of nitrogens with zero attached hydrogens (tertiary/aromatic N) is 2. The van der Waals surface area contributed by atoms with Crippen LogP contribution in [-0.4, -0.2) is 4.57 Å². The fourth-order valence-corrected chi connectivity index (χ4v) is 10.7. The van der Waals surface area contributed by atoms with Gasteiger partial charge in [-0.1, -0.05) is 170 Å². The Kier molecular flexibility index (Phi) is 8.55. The highest BCUT2D eigenvalue weighted by Gasteiger charge is 2.26. The molecule has 0 saturated heterocycles. The van der Waals surface area contributed by atoms with Crippen LogP contribution in [0, 0.1) is 0 Å². The lowest BCUT2D eigenvalue weighted by Gasteiger charge is -2.30. The predicted molar refractivity (Wildman–Crippen MR) is 284 cm³/mol. The molecule has 0 radical (unpaired) electrons. The van der Waals surface area contributed by atoms with Gasteiger partial charge in [-0.2, -0.15) is 0 Å². The summed E-state index contributed by atoms with van der Waals surface area (Å²) in [6.07, 6.45) is 0. The van der Waals surface area contributed by atoms with Crippen LogP contribution in [0.2, 0.25) is 0 Å². The van der Waals surface area contributed by atoms with Gasteiger partial charge in [0.1, 0.15) is 22.3 Å². The van der Waals surface area contributed by atoms with Crippen molar-refractivity contribution in [3.8, 4) is 39.1 Å². The predicted octanol–water partition coefficient (Wildman–Crippen LogP) is 18.2. The molecule has 14 aromatic rings. The molecule has 14 rings (SSSR count). The Hall–Kier alpha value is -9.12. The van der Waals surface area contributed by atoms with E-state index < -0.39 is 0 Å². The minimum Gasteiger partial charge on any atom is -0.455 e. The normalized spacial score (nSPS) is 11.8. The van der Waals surface area contributed by atoms with Crippen molar-refractivity contribution in [3.05, 3.63) is 243 Å². The maximum Gasteiger partial charge on any atom is 0.145 e. The molecule has 0 N–H and O–H groups in total. The van der Waals surface area contributed by atoms with Gasteiger partial charge in [0.05, 0.1) is 22.4 Å². The molecule has 3 heterocycles. The average Bonchev–Trinajstić information content (AvgIpc) is 4.09. The summed E-state index contributed by atoms with van der Waals surface area (Å²) in [7, 11) is 0. The molecule has 0 aliphatic heterocycles. The zero-order valence-electron chi connectivity index (χ0n) is 36.8. The quantitative estimate of drug-likeness (QED) is 0.160. The number of furan rings is 2. The summed E-state index contributed by atoms with van der Waals surface area (Å²) >= 11 is 0.